The summed E-state index contributed by atoms with van der Waals surface area (Å²) in [6, 6.07) is 8.28. The summed E-state index contributed by atoms with van der Waals surface area (Å²) in [5.41, 5.74) is 1.14. The zero-order valence-corrected chi connectivity index (χ0v) is 18.6. The summed E-state index contributed by atoms with van der Waals surface area (Å²) in [5.74, 6) is 0.493. The van der Waals surface area contributed by atoms with E-state index in [4.69, 9.17) is 9.47 Å². The van der Waals surface area contributed by atoms with Crippen molar-refractivity contribution in [3.05, 3.63) is 34.7 Å². The maximum absolute atomic E-state index is 13.4. The van der Waals surface area contributed by atoms with Gasteiger partial charge in [0.15, 0.2) is 0 Å². The highest BCUT2D eigenvalue weighted by Gasteiger charge is 2.34. The summed E-state index contributed by atoms with van der Waals surface area (Å²) in [7, 11) is 0. The van der Waals surface area contributed by atoms with Crippen molar-refractivity contribution in [3.8, 4) is 0 Å². The van der Waals surface area contributed by atoms with E-state index in [2.05, 4.69) is 17.0 Å². The van der Waals surface area contributed by atoms with E-state index in [1.807, 2.05) is 21.9 Å². The van der Waals surface area contributed by atoms with Gasteiger partial charge in [-0.05, 0) is 23.4 Å². The van der Waals surface area contributed by atoms with Crippen LogP contribution in [0.1, 0.15) is 27.6 Å². The smallest absolute Gasteiger partial charge is 0.264 e. The van der Waals surface area contributed by atoms with Gasteiger partial charge in [-0.3, -0.25) is 14.5 Å². The Morgan fingerprint density at radius 1 is 0.935 bits per heavy atom. The first kappa shape index (κ1) is 20.9. The van der Waals surface area contributed by atoms with Crippen LogP contribution in [0.4, 0.5) is 0 Å². The molecule has 0 spiro atoms. The number of rotatable bonds is 4. The van der Waals surface area contributed by atoms with Crippen LogP contribution in [-0.4, -0.2) is 98.8 Å². The average molecular weight is 444 g/mol. The molecule has 166 valence electrons. The van der Waals surface area contributed by atoms with E-state index >= 15 is 0 Å². The van der Waals surface area contributed by atoms with Crippen molar-refractivity contribution in [1.82, 2.24) is 14.7 Å². The molecule has 2 amide bonds. The van der Waals surface area contributed by atoms with E-state index in [9.17, 15) is 9.59 Å². The normalized spacial score (nSPS) is 22.9. The number of morpholine rings is 2. The van der Waals surface area contributed by atoms with Crippen molar-refractivity contribution >= 4 is 33.2 Å². The lowest BCUT2D eigenvalue weighted by Crippen LogP contribution is -2.44. The number of amides is 2. The molecular weight excluding hydrogens is 414 g/mol. The van der Waals surface area contributed by atoms with Crippen molar-refractivity contribution in [3.63, 3.8) is 0 Å². The maximum Gasteiger partial charge on any atom is 0.264 e. The van der Waals surface area contributed by atoms with Crippen molar-refractivity contribution in [2.24, 2.45) is 0 Å². The molecular formula is C23H29N3O4S. The topological polar surface area (TPSA) is 62.3 Å². The van der Waals surface area contributed by atoms with Crippen LogP contribution in [0.2, 0.25) is 0 Å². The van der Waals surface area contributed by atoms with E-state index in [0.29, 0.717) is 52.6 Å². The lowest BCUT2D eigenvalue weighted by molar-refractivity contribution is -0.132. The summed E-state index contributed by atoms with van der Waals surface area (Å²) in [6.07, 6.45) is 0.902. The zero-order valence-electron chi connectivity index (χ0n) is 17.8. The Labute approximate surface area is 186 Å². The van der Waals surface area contributed by atoms with Crippen LogP contribution in [0.15, 0.2) is 24.3 Å². The molecule has 3 saturated heterocycles. The Kier molecular flexibility index (Phi) is 6.22. The molecule has 0 radical (unpaired) electrons. The average Bonchev–Trinajstić information content (AvgIpc) is 3.44. The largest absolute Gasteiger partial charge is 0.379 e. The predicted molar refractivity (Wildman–Crippen MR) is 120 cm³/mol. The second kappa shape index (κ2) is 9.24. The molecule has 3 fully saturated rings. The van der Waals surface area contributed by atoms with E-state index in [0.717, 1.165) is 46.6 Å². The minimum absolute atomic E-state index is 0.109. The Morgan fingerprint density at radius 2 is 1.65 bits per heavy atom. The molecule has 0 N–H and O–H groups in total. The molecule has 31 heavy (non-hydrogen) atoms. The summed E-state index contributed by atoms with van der Waals surface area (Å²) < 4.78 is 12.0. The highest BCUT2D eigenvalue weighted by Crippen LogP contribution is 2.40. The van der Waals surface area contributed by atoms with Gasteiger partial charge in [-0.1, -0.05) is 18.2 Å². The van der Waals surface area contributed by atoms with Gasteiger partial charge >= 0.3 is 0 Å². The fourth-order valence-corrected chi connectivity index (χ4v) is 6.07. The molecule has 1 aromatic heterocycles. The molecule has 8 heteroatoms. The van der Waals surface area contributed by atoms with E-state index < -0.39 is 0 Å². The number of hydrogen-bond acceptors (Lipinski definition) is 6. The minimum Gasteiger partial charge on any atom is -0.379 e. The monoisotopic (exact) mass is 443 g/mol. The summed E-state index contributed by atoms with van der Waals surface area (Å²) in [4.78, 5) is 33.2. The van der Waals surface area contributed by atoms with Gasteiger partial charge in [0, 0.05) is 49.9 Å². The Bertz CT molecular complexity index is 949. The number of likely N-dealkylation sites (tertiary alicyclic amines) is 1. The van der Waals surface area contributed by atoms with Crippen LogP contribution in [-0.2, 0) is 14.3 Å². The molecule has 0 unspecified atom stereocenters. The molecule has 5 rings (SSSR count). The van der Waals surface area contributed by atoms with Crippen LogP contribution in [0, 0.1) is 0 Å². The van der Waals surface area contributed by atoms with Crippen molar-refractivity contribution in [2.75, 3.05) is 72.2 Å². The van der Waals surface area contributed by atoms with Crippen LogP contribution < -0.4 is 0 Å². The number of carbonyl (C=O) groups is 2. The van der Waals surface area contributed by atoms with Gasteiger partial charge in [-0.2, -0.15) is 0 Å². The Hall–Kier alpha value is -2.00. The number of thiophene rings is 1. The number of fused-ring (bicyclic) bond motifs is 1. The number of nitrogens with zero attached hydrogens (tertiary/aromatic N) is 3. The van der Waals surface area contributed by atoms with E-state index in [1.54, 1.807) is 11.3 Å². The van der Waals surface area contributed by atoms with Crippen LogP contribution >= 0.6 is 11.3 Å². The quantitative estimate of drug-likeness (QED) is 0.724. The van der Waals surface area contributed by atoms with E-state index in [1.165, 1.54) is 0 Å². The lowest BCUT2D eigenvalue weighted by atomic mass is 9.94. The van der Waals surface area contributed by atoms with Gasteiger partial charge in [-0.25, -0.2) is 0 Å². The molecule has 3 aliphatic rings. The first-order chi connectivity index (χ1) is 15.2. The maximum atomic E-state index is 13.4. The van der Waals surface area contributed by atoms with Gasteiger partial charge in [0.05, 0.1) is 37.8 Å². The molecule has 2 aromatic rings. The third kappa shape index (κ3) is 4.35. The summed E-state index contributed by atoms with van der Waals surface area (Å²) in [5, 5.41) is 1.16. The molecule has 0 saturated carbocycles. The Balaban J connectivity index is 1.36. The summed E-state index contributed by atoms with van der Waals surface area (Å²) in [6.45, 7) is 7.40. The SMILES string of the molecule is O=C(CN1CCOCC1)N1CC[C@H](c2c(C(=O)N3CCOCC3)sc3ccccc23)C1. The minimum atomic E-state index is 0.109. The molecule has 1 aromatic carbocycles. The molecule has 1 atom stereocenters. The molecule has 3 aliphatic heterocycles. The van der Waals surface area contributed by atoms with Gasteiger partial charge in [0.1, 0.15) is 0 Å². The van der Waals surface area contributed by atoms with Gasteiger partial charge in [0.2, 0.25) is 5.91 Å². The number of carbonyl (C=O) groups excluding carboxylic acids is 2. The third-order valence-electron chi connectivity index (χ3n) is 6.54. The van der Waals surface area contributed by atoms with Crippen molar-refractivity contribution in [1.29, 1.82) is 0 Å². The molecule has 0 bridgehead atoms. The fraction of sp³-hybridized carbons (Fsp3) is 0.565. The van der Waals surface area contributed by atoms with Gasteiger partial charge in [-0.15, -0.1) is 11.3 Å². The third-order valence-corrected chi connectivity index (χ3v) is 7.71. The van der Waals surface area contributed by atoms with Crippen LogP contribution in [0.25, 0.3) is 10.1 Å². The van der Waals surface area contributed by atoms with E-state index in [-0.39, 0.29) is 17.7 Å². The first-order valence-electron chi connectivity index (χ1n) is 11.2. The second-order valence-electron chi connectivity index (χ2n) is 8.46. The fourth-order valence-electron chi connectivity index (χ4n) is 4.81. The number of benzene rings is 1. The zero-order chi connectivity index (χ0) is 21.2. The standard InChI is InChI=1S/C23H29N3O4S/c27-20(16-24-7-11-29-12-8-24)26-6-5-17(15-26)21-18-3-1-2-4-19(18)31-22(21)23(28)25-9-13-30-14-10-25/h1-4,17H,5-16H2/t17-/m0/s1. The molecule has 0 aliphatic carbocycles. The Morgan fingerprint density at radius 3 is 2.42 bits per heavy atom. The van der Waals surface area contributed by atoms with Gasteiger partial charge in [0.25, 0.3) is 5.91 Å². The lowest BCUT2D eigenvalue weighted by Gasteiger charge is -2.28. The van der Waals surface area contributed by atoms with Crippen LogP contribution in [0.3, 0.4) is 0 Å². The molecule has 7 nitrogen and oxygen atoms in total. The highest BCUT2D eigenvalue weighted by atomic mass is 32.1. The predicted octanol–water partition coefficient (Wildman–Crippen LogP) is 2.02. The highest BCUT2D eigenvalue weighted by molar-refractivity contribution is 7.21. The number of ether oxygens (including phenoxy) is 2. The van der Waals surface area contributed by atoms with Gasteiger partial charge < -0.3 is 19.3 Å². The summed E-state index contributed by atoms with van der Waals surface area (Å²) >= 11 is 1.59. The molecule has 4 heterocycles. The van der Waals surface area contributed by atoms with Crippen molar-refractivity contribution < 1.29 is 19.1 Å². The van der Waals surface area contributed by atoms with Crippen molar-refractivity contribution in [2.45, 2.75) is 12.3 Å². The van der Waals surface area contributed by atoms with Crippen LogP contribution in [0.5, 0.6) is 0 Å². The first-order valence-corrected chi connectivity index (χ1v) is 12.0. The number of hydrogen-bond donors (Lipinski definition) is 0. The second-order valence-corrected chi connectivity index (χ2v) is 9.51.